The molecule has 16 heavy (non-hydrogen) atoms. The number of aliphatic carboxylic acids is 3. The van der Waals surface area contributed by atoms with Gasteiger partial charge in [0.2, 0.25) is 5.91 Å². The molecule has 0 saturated heterocycles. The Kier molecular flexibility index (Phi) is 8.31. The van der Waals surface area contributed by atoms with E-state index in [1.54, 1.807) is 0 Å². The molecule has 0 radical (unpaired) electrons. The summed E-state index contributed by atoms with van der Waals surface area (Å²) < 4.78 is 0. The zero-order chi connectivity index (χ0) is 13.3. The van der Waals surface area contributed by atoms with E-state index >= 15 is 0 Å². The van der Waals surface area contributed by atoms with Crippen LogP contribution in [0.15, 0.2) is 0 Å². The van der Waals surface area contributed by atoms with Crippen LogP contribution in [0.5, 0.6) is 0 Å². The Labute approximate surface area is 89.6 Å². The molecule has 0 bridgehead atoms. The lowest BCUT2D eigenvalue weighted by Crippen LogP contribution is -2.31. The summed E-state index contributed by atoms with van der Waals surface area (Å²) in [5, 5.41) is 23.0. The smallest absolute Gasteiger partial charge is 0.414 e. The lowest BCUT2D eigenvalue weighted by molar-refractivity contribution is -0.159. The lowest BCUT2D eigenvalue weighted by atomic mass is 10.2. The SMILES string of the molecule is NC(=O)CC[C@H](N)C(=O)O.O=C(O)C(=O)O. The number of hydrogen-bond donors (Lipinski definition) is 5. The predicted molar refractivity (Wildman–Crippen MR) is 49.3 cm³/mol. The van der Waals surface area contributed by atoms with Gasteiger partial charge in [-0.25, -0.2) is 9.59 Å². The number of hydrogen-bond acceptors (Lipinski definition) is 5. The van der Waals surface area contributed by atoms with E-state index in [-0.39, 0.29) is 12.8 Å². The Bertz CT molecular complexity index is 276. The number of carbonyl (C=O) groups excluding carboxylic acids is 1. The molecule has 92 valence electrons. The standard InChI is InChI=1S/C5H10N2O3.C2H2O4/c6-3(5(9)10)1-2-4(7)8;3-1(4)2(5)6/h3H,1-2,6H2,(H2,7,8)(H,9,10);(H,3,4)(H,5,6)/t3-;/m0./s1. The zero-order valence-corrected chi connectivity index (χ0v) is 8.12. The van der Waals surface area contributed by atoms with E-state index in [1.165, 1.54) is 0 Å². The van der Waals surface area contributed by atoms with Crippen LogP contribution >= 0.6 is 0 Å². The van der Waals surface area contributed by atoms with E-state index in [0.29, 0.717) is 0 Å². The van der Waals surface area contributed by atoms with E-state index in [4.69, 9.17) is 36.4 Å². The highest BCUT2D eigenvalue weighted by Crippen LogP contribution is 1.92. The molecule has 0 fully saturated rings. The van der Waals surface area contributed by atoms with Gasteiger partial charge in [0.05, 0.1) is 0 Å². The van der Waals surface area contributed by atoms with Crippen molar-refractivity contribution < 1.29 is 34.5 Å². The highest BCUT2D eigenvalue weighted by atomic mass is 16.4. The van der Waals surface area contributed by atoms with Gasteiger partial charge in [-0.1, -0.05) is 0 Å². The summed E-state index contributed by atoms with van der Waals surface area (Å²) in [6.45, 7) is 0. The van der Waals surface area contributed by atoms with Crippen LogP contribution in [-0.4, -0.2) is 45.2 Å². The molecule has 0 aliphatic rings. The minimum atomic E-state index is -1.82. The average molecular weight is 236 g/mol. The van der Waals surface area contributed by atoms with E-state index in [9.17, 15) is 9.59 Å². The molecular formula is C7H12N2O7. The van der Waals surface area contributed by atoms with Gasteiger partial charge in [0.25, 0.3) is 0 Å². The Morgan fingerprint density at radius 3 is 1.56 bits per heavy atom. The van der Waals surface area contributed by atoms with Crippen LogP contribution in [0.25, 0.3) is 0 Å². The third-order valence-corrected chi connectivity index (χ3v) is 1.20. The number of primary amides is 1. The second-order valence-electron chi connectivity index (χ2n) is 2.56. The monoisotopic (exact) mass is 236 g/mol. The zero-order valence-electron chi connectivity index (χ0n) is 8.12. The number of amides is 1. The Balaban J connectivity index is 0. The summed E-state index contributed by atoms with van der Waals surface area (Å²) in [6, 6.07) is -0.979. The average Bonchev–Trinajstić information content (AvgIpc) is 2.14. The van der Waals surface area contributed by atoms with Crippen molar-refractivity contribution >= 4 is 23.8 Å². The summed E-state index contributed by atoms with van der Waals surface area (Å²) in [5.41, 5.74) is 9.81. The van der Waals surface area contributed by atoms with Crippen molar-refractivity contribution in [3.05, 3.63) is 0 Å². The number of rotatable bonds is 4. The highest BCUT2D eigenvalue weighted by Gasteiger charge is 2.11. The van der Waals surface area contributed by atoms with Crippen LogP contribution < -0.4 is 11.5 Å². The van der Waals surface area contributed by atoms with Gasteiger partial charge < -0.3 is 26.8 Å². The minimum absolute atomic E-state index is 0.0213. The number of carbonyl (C=O) groups is 4. The second kappa shape index (κ2) is 8.17. The first-order valence-electron chi connectivity index (χ1n) is 3.91. The normalized spacial score (nSPS) is 10.6. The van der Waals surface area contributed by atoms with Gasteiger partial charge in [0, 0.05) is 6.42 Å². The van der Waals surface area contributed by atoms with Gasteiger partial charge in [-0.15, -0.1) is 0 Å². The summed E-state index contributed by atoms with van der Waals surface area (Å²) in [7, 11) is 0. The number of carboxylic acid groups (broad SMARTS) is 3. The molecule has 0 unspecified atom stereocenters. The van der Waals surface area contributed by atoms with Crippen molar-refractivity contribution in [1.82, 2.24) is 0 Å². The molecule has 0 aromatic heterocycles. The minimum Gasteiger partial charge on any atom is -0.480 e. The highest BCUT2D eigenvalue weighted by molar-refractivity contribution is 6.27. The molecule has 0 rings (SSSR count). The van der Waals surface area contributed by atoms with E-state index in [1.807, 2.05) is 0 Å². The van der Waals surface area contributed by atoms with Crippen LogP contribution in [0.2, 0.25) is 0 Å². The summed E-state index contributed by atoms with van der Waals surface area (Å²) in [6.07, 6.45) is 0.123. The molecule has 0 aliphatic heterocycles. The Hall–Kier alpha value is -2.16. The van der Waals surface area contributed by atoms with Crippen molar-refractivity contribution in [1.29, 1.82) is 0 Å². The van der Waals surface area contributed by atoms with Gasteiger partial charge in [-0.05, 0) is 6.42 Å². The predicted octanol–water partition coefficient (Wildman–Crippen LogP) is -2.18. The lowest BCUT2D eigenvalue weighted by Gasteiger charge is -2.01. The van der Waals surface area contributed by atoms with Gasteiger partial charge >= 0.3 is 17.9 Å². The van der Waals surface area contributed by atoms with Crippen LogP contribution in [-0.2, 0) is 19.2 Å². The maximum atomic E-state index is 10.1. The molecule has 0 saturated carbocycles. The molecule has 0 aromatic rings. The molecule has 1 atom stereocenters. The second-order valence-corrected chi connectivity index (χ2v) is 2.56. The summed E-state index contributed by atoms with van der Waals surface area (Å²) in [5.74, 6) is -5.29. The Morgan fingerprint density at radius 2 is 1.38 bits per heavy atom. The van der Waals surface area contributed by atoms with Crippen LogP contribution in [0.1, 0.15) is 12.8 Å². The largest absolute Gasteiger partial charge is 0.480 e. The van der Waals surface area contributed by atoms with Crippen molar-refractivity contribution in [2.45, 2.75) is 18.9 Å². The van der Waals surface area contributed by atoms with Crippen LogP contribution in [0, 0.1) is 0 Å². The molecule has 9 heteroatoms. The van der Waals surface area contributed by atoms with Crippen LogP contribution in [0.4, 0.5) is 0 Å². The van der Waals surface area contributed by atoms with Gasteiger partial charge in [-0.2, -0.15) is 0 Å². The first-order valence-corrected chi connectivity index (χ1v) is 3.91. The molecule has 7 N–H and O–H groups in total. The maximum Gasteiger partial charge on any atom is 0.414 e. The topological polar surface area (TPSA) is 181 Å². The molecule has 0 heterocycles. The van der Waals surface area contributed by atoms with E-state index < -0.39 is 29.9 Å². The molecule has 0 spiro atoms. The third-order valence-electron chi connectivity index (χ3n) is 1.20. The quantitative estimate of drug-likeness (QED) is 0.341. The van der Waals surface area contributed by atoms with Crippen molar-refractivity contribution in [3.63, 3.8) is 0 Å². The molecular weight excluding hydrogens is 224 g/mol. The summed E-state index contributed by atoms with van der Waals surface area (Å²) >= 11 is 0. The van der Waals surface area contributed by atoms with Crippen molar-refractivity contribution in [2.75, 3.05) is 0 Å². The molecule has 0 aromatic carbocycles. The van der Waals surface area contributed by atoms with E-state index in [2.05, 4.69) is 0 Å². The molecule has 1 amide bonds. The van der Waals surface area contributed by atoms with Crippen molar-refractivity contribution in [2.24, 2.45) is 11.5 Å². The fraction of sp³-hybridized carbons (Fsp3) is 0.429. The summed E-state index contributed by atoms with van der Waals surface area (Å²) in [4.78, 5) is 38.3. The fourth-order valence-electron chi connectivity index (χ4n) is 0.421. The molecule has 9 nitrogen and oxygen atoms in total. The number of nitrogens with two attached hydrogens (primary N) is 2. The van der Waals surface area contributed by atoms with E-state index in [0.717, 1.165) is 0 Å². The third kappa shape index (κ3) is 11.8. The van der Waals surface area contributed by atoms with Gasteiger partial charge in [0.15, 0.2) is 0 Å². The first kappa shape index (κ1) is 16.3. The fourth-order valence-corrected chi connectivity index (χ4v) is 0.421. The van der Waals surface area contributed by atoms with Gasteiger partial charge in [0.1, 0.15) is 6.04 Å². The van der Waals surface area contributed by atoms with Crippen molar-refractivity contribution in [3.8, 4) is 0 Å². The van der Waals surface area contributed by atoms with Gasteiger partial charge in [-0.3, -0.25) is 9.59 Å². The molecule has 0 aliphatic carbocycles. The Morgan fingerprint density at radius 1 is 1.00 bits per heavy atom. The first-order chi connectivity index (χ1) is 7.18. The van der Waals surface area contributed by atoms with Crippen LogP contribution in [0.3, 0.4) is 0 Å². The number of carboxylic acids is 3. The maximum absolute atomic E-state index is 10.1.